The number of ether oxygens (including phenoxy) is 1. The van der Waals surface area contributed by atoms with Crippen molar-refractivity contribution in [1.29, 1.82) is 0 Å². The van der Waals surface area contributed by atoms with Gasteiger partial charge in [-0.2, -0.15) is 0 Å². The van der Waals surface area contributed by atoms with Crippen molar-refractivity contribution in [3.63, 3.8) is 0 Å². The summed E-state index contributed by atoms with van der Waals surface area (Å²) in [6.07, 6.45) is -4.52. The summed E-state index contributed by atoms with van der Waals surface area (Å²) < 4.78 is 40.4. The van der Waals surface area contributed by atoms with Gasteiger partial charge in [0.2, 0.25) is 5.91 Å². The highest BCUT2D eigenvalue weighted by atomic mass is 19.4. The van der Waals surface area contributed by atoms with Crippen molar-refractivity contribution in [2.45, 2.75) is 19.3 Å². The fourth-order valence-corrected chi connectivity index (χ4v) is 1.59. The number of hydroxylamine groups is 2. The summed E-state index contributed by atoms with van der Waals surface area (Å²) >= 11 is 0. The van der Waals surface area contributed by atoms with E-state index in [1.807, 2.05) is 0 Å². The van der Waals surface area contributed by atoms with Crippen LogP contribution in [0.25, 0.3) is 0 Å². The summed E-state index contributed by atoms with van der Waals surface area (Å²) in [5, 5.41) is 1.04. The van der Waals surface area contributed by atoms with E-state index < -0.39 is 6.36 Å². The lowest BCUT2D eigenvalue weighted by Gasteiger charge is -2.17. The van der Waals surface area contributed by atoms with Crippen molar-refractivity contribution in [2.24, 2.45) is 0 Å². The Morgan fingerprint density at radius 3 is 2.67 bits per heavy atom. The van der Waals surface area contributed by atoms with Crippen molar-refractivity contribution in [1.82, 2.24) is 5.06 Å². The monoisotopic (exact) mass is 261 g/mol. The van der Waals surface area contributed by atoms with Crippen LogP contribution in [0.15, 0.2) is 24.3 Å². The van der Waals surface area contributed by atoms with E-state index in [-0.39, 0.29) is 36.8 Å². The molecule has 0 bridgehead atoms. The molecular formula is C11H10F3NO3. The van der Waals surface area contributed by atoms with Crippen molar-refractivity contribution in [2.75, 3.05) is 6.61 Å². The predicted molar refractivity (Wildman–Crippen MR) is 54.2 cm³/mol. The van der Waals surface area contributed by atoms with Crippen LogP contribution in [0, 0.1) is 0 Å². The second-order valence-corrected chi connectivity index (χ2v) is 3.67. The van der Waals surface area contributed by atoms with Gasteiger partial charge in [0.15, 0.2) is 0 Å². The molecule has 0 aliphatic carbocycles. The molecule has 0 radical (unpaired) electrons. The molecular weight excluding hydrogens is 251 g/mol. The topological polar surface area (TPSA) is 38.8 Å². The van der Waals surface area contributed by atoms with E-state index in [1.165, 1.54) is 18.2 Å². The zero-order chi connectivity index (χ0) is 13.2. The molecule has 2 rings (SSSR count). The van der Waals surface area contributed by atoms with E-state index >= 15 is 0 Å². The molecule has 0 aromatic heterocycles. The molecule has 1 amide bonds. The molecule has 0 saturated carbocycles. The molecule has 98 valence electrons. The lowest BCUT2D eigenvalue weighted by atomic mass is 10.2. The van der Waals surface area contributed by atoms with E-state index in [9.17, 15) is 18.0 Å². The smallest absolute Gasteiger partial charge is 0.405 e. The van der Waals surface area contributed by atoms with E-state index in [0.29, 0.717) is 0 Å². The molecule has 1 aliphatic heterocycles. The van der Waals surface area contributed by atoms with Crippen LogP contribution in [0.2, 0.25) is 0 Å². The summed E-state index contributed by atoms with van der Waals surface area (Å²) in [6.45, 7) is 0.187. The van der Waals surface area contributed by atoms with E-state index in [1.54, 1.807) is 6.07 Å². The number of halogens is 3. The number of rotatable bonds is 3. The van der Waals surface area contributed by atoms with Gasteiger partial charge in [0.25, 0.3) is 0 Å². The molecule has 1 fully saturated rings. The predicted octanol–water partition coefficient (Wildman–Crippen LogP) is 2.25. The average Bonchev–Trinajstić information content (AvgIpc) is 2.65. The first-order valence-electron chi connectivity index (χ1n) is 5.22. The molecule has 18 heavy (non-hydrogen) atoms. The minimum atomic E-state index is -4.76. The first kappa shape index (κ1) is 12.7. The van der Waals surface area contributed by atoms with E-state index in [2.05, 4.69) is 4.74 Å². The first-order chi connectivity index (χ1) is 8.46. The number of amides is 1. The maximum atomic E-state index is 12.2. The molecule has 1 aromatic rings. The van der Waals surface area contributed by atoms with Gasteiger partial charge in [-0.25, -0.2) is 5.06 Å². The van der Waals surface area contributed by atoms with Gasteiger partial charge in [0.05, 0.1) is 19.6 Å². The van der Waals surface area contributed by atoms with Gasteiger partial charge in [-0.3, -0.25) is 9.63 Å². The molecule has 0 spiro atoms. The van der Waals surface area contributed by atoms with Gasteiger partial charge >= 0.3 is 6.36 Å². The molecule has 0 unspecified atom stereocenters. The van der Waals surface area contributed by atoms with Crippen LogP contribution in [0.5, 0.6) is 5.75 Å². The zero-order valence-corrected chi connectivity index (χ0v) is 9.24. The second-order valence-electron chi connectivity index (χ2n) is 3.67. The maximum Gasteiger partial charge on any atom is 0.573 e. The largest absolute Gasteiger partial charge is 0.573 e. The van der Waals surface area contributed by atoms with Crippen LogP contribution in [0.1, 0.15) is 12.0 Å². The Balaban J connectivity index is 2.14. The third kappa shape index (κ3) is 3.13. The van der Waals surface area contributed by atoms with E-state index in [0.717, 1.165) is 5.06 Å². The lowest BCUT2D eigenvalue weighted by molar-refractivity contribution is -0.275. The fourth-order valence-electron chi connectivity index (χ4n) is 1.59. The number of carbonyl (C=O) groups excluding carboxylic acids is 1. The van der Waals surface area contributed by atoms with Crippen LogP contribution in [0.4, 0.5) is 13.2 Å². The average molecular weight is 261 g/mol. The van der Waals surface area contributed by atoms with Gasteiger partial charge in [-0.15, -0.1) is 13.2 Å². The van der Waals surface area contributed by atoms with Crippen LogP contribution in [-0.2, 0) is 16.2 Å². The van der Waals surface area contributed by atoms with Crippen LogP contribution < -0.4 is 4.74 Å². The Kier molecular flexibility index (Phi) is 3.42. The Morgan fingerprint density at radius 2 is 2.06 bits per heavy atom. The van der Waals surface area contributed by atoms with Gasteiger partial charge in [-0.05, 0) is 6.07 Å². The molecule has 1 heterocycles. The number of nitrogens with zero attached hydrogens (tertiary/aromatic N) is 1. The number of hydrogen-bond donors (Lipinski definition) is 0. The number of benzene rings is 1. The summed E-state index contributed by atoms with van der Waals surface area (Å²) in [5.74, 6) is -0.579. The molecule has 1 saturated heterocycles. The Hall–Kier alpha value is -1.76. The van der Waals surface area contributed by atoms with Gasteiger partial charge in [0.1, 0.15) is 5.75 Å². The van der Waals surface area contributed by atoms with E-state index in [4.69, 9.17) is 4.84 Å². The Bertz CT molecular complexity index is 447. The van der Waals surface area contributed by atoms with Crippen molar-refractivity contribution in [3.05, 3.63) is 29.8 Å². The number of carbonyl (C=O) groups is 1. The molecule has 0 atom stereocenters. The number of hydrogen-bond acceptors (Lipinski definition) is 3. The first-order valence-corrected chi connectivity index (χ1v) is 5.22. The third-order valence-corrected chi connectivity index (χ3v) is 2.35. The van der Waals surface area contributed by atoms with Crippen molar-refractivity contribution >= 4 is 5.91 Å². The number of para-hydroxylation sites is 1. The normalized spacial score (nSPS) is 16.2. The number of alkyl halides is 3. The Morgan fingerprint density at radius 1 is 1.33 bits per heavy atom. The fraction of sp³-hybridized carbons (Fsp3) is 0.364. The van der Waals surface area contributed by atoms with Gasteiger partial charge in [-0.1, -0.05) is 18.2 Å². The van der Waals surface area contributed by atoms with Crippen LogP contribution in [0.3, 0.4) is 0 Å². The van der Waals surface area contributed by atoms with Gasteiger partial charge < -0.3 is 4.74 Å². The molecule has 7 heteroatoms. The highest BCUT2D eigenvalue weighted by molar-refractivity contribution is 5.76. The summed E-state index contributed by atoms with van der Waals surface area (Å²) in [5.41, 5.74) is 0.241. The third-order valence-electron chi connectivity index (χ3n) is 2.35. The minimum absolute atomic E-state index is 0.0644. The Labute approximate surface area is 101 Å². The molecule has 1 aromatic carbocycles. The highest BCUT2D eigenvalue weighted by Crippen LogP contribution is 2.27. The molecule has 4 nitrogen and oxygen atoms in total. The molecule has 0 N–H and O–H groups in total. The van der Waals surface area contributed by atoms with Crippen molar-refractivity contribution in [3.8, 4) is 5.75 Å². The SMILES string of the molecule is O=C1CCON1Cc1ccccc1OC(F)(F)F. The zero-order valence-electron chi connectivity index (χ0n) is 9.24. The standard InChI is InChI=1S/C11H10F3NO3/c12-11(13,14)18-9-4-2-1-3-8(9)7-15-10(16)5-6-17-15/h1-4H,5-7H2. The summed E-state index contributed by atoms with van der Waals surface area (Å²) in [6, 6.07) is 5.65. The second kappa shape index (κ2) is 4.85. The van der Waals surface area contributed by atoms with Gasteiger partial charge in [0, 0.05) is 5.56 Å². The summed E-state index contributed by atoms with van der Waals surface area (Å²) in [7, 11) is 0. The van der Waals surface area contributed by atoms with Crippen LogP contribution in [-0.4, -0.2) is 23.9 Å². The summed E-state index contributed by atoms with van der Waals surface area (Å²) in [4.78, 5) is 16.3. The quantitative estimate of drug-likeness (QED) is 0.837. The minimum Gasteiger partial charge on any atom is -0.405 e. The van der Waals surface area contributed by atoms with Crippen LogP contribution >= 0.6 is 0 Å². The highest BCUT2D eigenvalue weighted by Gasteiger charge is 2.32. The van der Waals surface area contributed by atoms with Crippen molar-refractivity contribution < 1.29 is 27.5 Å². The maximum absolute atomic E-state index is 12.2. The molecule has 1 aliphatic rings. The lowest BCUT2D eigenvalue weighted by Crippen LogP contribution is -2.24.